The summed E-state index contributed by atoms with van der Waals surface area (Å²) in [7, 11) is 0. The molecule has 0 radical (unpaired) electrons. The summed E-state index contributed by atoms with van der Waals surface area (Å²) in [5.74, 6) is -0.389. The first-order chi connectivity index (χ1) is 19.1. The maximum absolute atomic E-state index is 13.7. The Bertz CT molecular complexity index is 1320. The largest absolute Gasteiger partial charge is 0.444 e. The van der Waals surface area contributed by atoms with Crippen molar-refractivity contribution in [1.82, 2.24) is 10.6 Å². The zero-order chi connectivity index (χ0) is 28.7. The van der Waals surface area contributed by atoms with Crippen LogP contribution in [0.25, 0.3) is 0 Å². The molecule has 7 nitrogen and oxygen atoms in total. The van der Waals surface area contributed by atoms with Gasteiger partial charge in [0.2, 0.25) is 5.91 Å². The van der Waals surface area contributed by atoms with Gasteiger partial charge in [-0.25, -0.2) is 4.79 Å². The maximum atomic E-state index is 13.7. The van der Waals surface area contributed by atoms with E-state index >= 15 is 0 Å². The zero-order valence-electron chi connectivity index (χ0n) is 23.2. The van der Waals surface area contributed by atoms with Crippen molar-refractivity contribution in [2.75, 3.05) is 0 Å². The predicted octanol–water partition coefficient (Wildman–Crippen LogP) is 4.43. The van der Waals surface area contributed by atoms with Crippen molar-refractivity contribution in [3.8, 4) is 0 Å². The lowest BCUT2D eigenvalue weighted by Crippen LogP contribution is -2.46. The third-order valence-electron chi connectivity index (χ3n) is 6.80. The predicted molar refractivity (Wildman–Crippen MR) is 155 cm³/mol. The van der Waals surface area contributed by atoms with Gasteiger partial charge in [-0.3, -0.25) is 4.79 Å². The molecule has 1 aliphatic carbocycles. The Hall–Kier alpha value is -3.94. The lowest BCUT2D eigenvalue weighted by Gasteiger charge is -2.26. The molecule has 0 spiro atoms. The molecule has 2 amide bonds. The molecule has 3 aromatic carbocycles. The smallest absolute Gasteiger partial charge is 0.407 e. The van der Waals surface area contributed by atoms with E-state index in [-0.39, 0.29) is 12.3 Å². The average molecular weight is 543 g/mol. The third kappa shape index (κ3) is 8.04. The molecule has 40 heavy (non-hydrogen) atoms. The molecule has 210 valence electrons. The maximum Gasteiger partial charge on any atom is 0.407 e. The topological polar surface area (TPSA) is 108 Å². The Kier molecular flexibility index (Phi) is 9.40. The molecule has 0 aliphatic heterocycles. The molecule has 7 heteroatoms. The summed E-state index contributed by atoms with van der Waals surface area (Å²) < 4.78 is 5.45. The number of amides is 2. The number of aliphatic hydroxyl groups excluding tert-OH is 2. The molecule has 0 saturated carbocycles. The average Bonchev–Trinajstić information content (AvgIpc) is 3.22. The molecule has 0 aromatic heterocycles. The first kappa shape index (κ1) is 29.1. The van der Waals surface area contributed by atoms with Crippen molar-refractivity contribution in [1.29, 1.82) is 0 Å². The molecule has 4 rings (SSSR count). The molecule has 0 fully saturated rings. The van der Waals surface area contributed by atoms with E-state index in [1.807, 2.05) is 84.9 Å². The van der Waals surface area contributed by atoms with Crippen LogP contribution in [0, 0.1) is 0 Å². The Labute approximate surface area is 235 Å². The summed E-state index contributed by atoms with van der Waals surface area (Å²) in [6.45, 7) is 5.31. The quantitative estimate of drug-likeness (QED) is 0.299. The number of ether oxygens (including phenoxy) is 1. The van der Waals surface area contributed by atoms with Crippen LogP contribution in [0.2, 0.25) is 0 Å². The molecule has 0 heterocycles. The second-order valence-electron chi connectivity index (χ2n) is 11.2. The minimum absolute atomic E-state index is 0.263. The number of alkyl carbamates (subject to hydrolysis) is 1. The summed E-state index contributed by atoms with van der Waals surface area (Å²) in [6, 6.07) is 25.3. The van der Waals surface area contributed by atoms with E-state index in [1.165, 1.54) is 6.08 Å². The van der Waals surface area contributed by atoms with Gasteiger partial charge in [0.25, 0.3) is 0 Å². The van der Waals surface area contributed by atoms with Crippen LogP contribution >= 0.6 is 0 Å². The van der Waals surface area contributed by atoms with Crippen molar-refractivity contribution in [2.24, 2.45) is 0 Å². The fourth-order valence-corrected chi connectivity index (χ4v) is 4.92. The van der Waals surface area contributed by atoms with Gasteiger partial charge in [-0.05, 0) is 55.5 Å². The van der Waals surface area contributed by atoms with E-state index in [1.54, 1.807) is 20.8 Å². The number of fused-ring (bicyclic) bond motifs is 1. The van der Waals surface area contributed by atoms with Crippen LogP contribution in [-0.2, 0) is 28.8 Å². The highest BCUT2D eigenvalue weighted by molar-refractivity contribution is 5.94. The zero-order valence-corrected chi connectivity index (χ0v) is 23.2. The number of carbonyl (C=O) groups excluding carboxylic acids is 2. The third-order valence-corrected chi connectivity index (χ3v) is 6.80. The summed E-state index contributed by atoms with van der Waals surface area (Å²) in [5.41, 5.74) is 3.31. The number of hydrogen-bond donors (Lipinski definition) is 4. The van der Waals surface area contributed by atoms with Crippen LogP contribution in [0.3, 0.4) is 0 Å². The van der Waals surface area contributed by atoms with E-state index in [0.717, 1.165) is 22.3 Å². The Balaban J connectivity index is 1.61. The number of carbonyl (C=O) groups is 2. The van der Waals surface area contributed by atoms with Crippen LogP contribution in [0.5, 0.6) is 0 Å². The molecule has 1 aliphatic rings. The van der Waals surface area contributed by atoms with Crippen molar-refractivity contribution in [3.63, 3.8) is 0 Å². The van der Waals surface area contributed by atoms with Gasteiger partial charge in [0.15, 0.2) is 0 Å². The molecular formula is C33H38N2O5. The van der Waals surface area contributed by atoms with Crippen molar-refractivity contribution in [2.45, 2.75) is 69.9 Å². The molecule has 1 unspecified atom stereocenters. The van der Waals surface area contributed by atoms with Crippen molar-refractivity contribution < 1.29 is 24.5 Å². The number of benzene rings is 3. The fraction of sp³-hybridized carbons (Fsp3) is 0.333. The number of nitrogens with one attached hydrogen (secondary N) is 2. The van der Waals surface area contributed by atoms with Crippen LogP contribution in [0.1, 0.15) is 49.1 Å². The monoisotopic (exact) mass is 542 g/mol. The highest BCUT2D eigenvalue weighted by Crippen LogP contribution is 2.31. The molecule has 3 aromatic rings. The molecule has 4 atom stereocenters. The van der Waals surface area contributed by atoms with Gasteiger partial charge < -0.3 is 25.6 Å². The highest BCUT2D eigenvalue weighted by atomic mass is 16.6. The van der Waals surface area contributed by atoms with Gasteiger partial charge in [-0.15, -0.1) is 0 Å². The normalized spacial score (nSPS) is 18.4. The standard InChI is InChI=1S/C33H38N2O5/c1-33(2,3)40-32(39)34-27(19-23-14-8-5-9-15-23)28(36)21-25(18-22-12-6-4-7-13-22)31(38)35-30-26-17-11-10-16-24(26)20-29(30)37/h4-17,21,27-30,36-37H,18-20H2,1-3H3,(H,34,39)(H,35,38)/b25-21-/t27-,28-,29-,30?/m0/s1. The molecular weight excluding hydrogens is 504 g/mol. The van der Waals surface area contributed by atoms with Gasteiger partial charge in [0, 0.05) is 18.4 Å². The van der Waals surface area contributed by atoms with Crippen LogP contribution in [0.4, 0.5) is 4.79 Å². The Morgan fingerprint density at radius 2 is 1.55 bits per heavy atom. The Morgan fingerprint density at radius 3 is 2.20 bits per heavy atom. The van der Waals surface area contributed by atoms with E-state index in [9.17, 15) is 19.8 Å². The second-order valence-corrected chi connectivity index (χ2v) is 11.2. The van der Waals surface area contributed by atoms with Crippen LogP contribution in [0.15, 0.2) is 96.6 Å². The van der Waals surface area contributed by atoms with Crippen molar-refractivity contribution in [3.05, 3.63) is 119 Å². The Morgan fingerprint density at radius 1 is 0.950 bits per heavy atom. The van der Waals surface area contributed by atoms with Crippen LogP contribution < -0.4 is 10.6 Å². The van der Waals surface area contributed by atoms with E-state index in [0.29, 0.717) is 18.4 Å². The van der Waals surface area contributed by atoms with E-state index in [2.05, 4.69) is 10.6 Å². The second kappa shape index (κ2) is 12.9. The molecule has 4 N–H and O–H groups in total. The minimum Gasteiger partial charge on any atom is -0.444 e. The SMILES string of the molecule is CC(C)(C)OC(=O)N[C@@H](Cc1ccccc1)[C@@H](O)/C=C(/Cc1ccccc1)C(=O)NC1c2ccccc2C[C@@H]1O. The first-order valence-electron chi connectivity index (χ1n) is 13.6. The summed E-state index contributed by atoms with van der Waals surface area (Å²) in [4.78, 5) is 26.4. The van der Waals surface area contributed by atoms with Gasteiger partial charge in [0.1, 0.15) is 5.60 Å². The van der Waals surface area contributed by atoms with Gasteiger partial charge in [-0.2, -0.15) is 0 Å². The van der Waals surface area contributed by atoms with Gasteiger partial charge in [-0.1, -0.05) is 84.9 Å². The molecule has 0 saturated heterocycles. The van der Waals surface area contributed by atoms with Gasteiger partial charge >= 0.3 is 6.09 Å². The number of hydrogen-bond acceptors (Lipinski definition) is 5. The molecule has 0 bridgehead atoms. The van der Waals surface area contributed by atoms with Gasteiger partial charge in [0.05, 0.1) is 24.3 Å². The van der Waals surface area contributed by atoms with Crippen LogP contribution in [-0.4, -0.2) is 46.1 Å². The summed E-state index contributed by atoms with van der Waals surface area (Å²) >= 11 is 0. The highest BCUT2D eigenvalue weighted by Gasteiger charge is 2.33. The van der Waals surface area contributed by atoms with E-state index in [4.69, 9.17) is 4.74 Å². The lowest BCUT2D eigenvalue weighted by atomic mass is 9.96. The summed E-state index contributed by atoms with van der Waals surface area (Å²) in [5, 5.41) is 27.9. The van der Waals surface area contributed by atoms with Crippen molar-refractivity contribution >= 4 is 12.0 Å². The minimum atomic E-state index is -1.20. The fourth-order valence-electron chi connectivity index (χ4n) is 4.92. The lowest BCUT2D eigenvalue weighted by molar-refractivity contribution is -0.119. The van der Waals surface area contributed by atoms with E-state index < -0.39 is 36.0 Å². The first-order valence-corrected chi connectivity index (χ1v) is 13.6. The number of rotatable bonds is 9. The summed E-state index contributed by atoms with van der Waals surface area (Å²) in [6.07, 6.45) is -0.0469. The number of aliphatic hydroxyl groups is 2.